The lowest BCUT2D eigenvalue weighted by Gasteiger charge is -2.20. The number of hydrogen-bond donors (Lipinski definition) is 1. The Bertz CT molecular complexity index is 365. The first kappa shape index (κ1) is 14.1. The largest absolute Gasteiger partial charge is 0.324 e. The predicted molar refractivity (Wildman–Crippen MR) is 70.4 cm³/mol. The van der Waals surface area contributed by atoms with Crippen LogP contribution < -0.4 is 5.32 Å². The summed E-state index contributed by atoms with van der Waals surface area (Å²) >= 11 is 1.18. The van der Waals surface area contributed by atoms with E-state index in [1.54, 1.807) is 6.07 Å². The first-order valence-electron chi connectivity index (χ1n) is 5.63. The minimum Gasteiger partial charge on any atom is -0.311 e. The molecule has 6 heteroatoms. The van der Waals surface area contributed by atoms with Crippen molar-refractivity contribution in [1.29, 1.82) is 0 Å². The van der Waals surface area contributed by atoms with Gasteiger partial charge in [0.05, 0.1) is 4.92 Å². The van der Waals surface area contributed by atoms with Crippen LogP contribution in [0.5, 0.6) is 0 Å². The van der Waals surface area contributed by atoms with Crippen LogP contribution in [0.1, 0.15) is 19.4 Å². The molecule has 1 heterocycles. The second kappa shape index (κ2) is 6.68. The van der Waals surface area contributed by atoms with Crippen molar-refractivity contribution in [3.63, 3.8) is 0 Å². The van der Waals surface area contributed by atoms with Crippen LogP contribution in [0, 0.1) is 10.1 Å². The summed E-state index contributed by atoms with van der Waals surface area (Å²) in [6, 6.07) is 2.17. The zero-order valence-corrected chi connectivity index (χ0v) is 11.3. The molecule has 5 nitrogen and oxygen atoms in total. The molecular formula is C11H19N3O2S. The highest BCUT2D eigenvalue weighted by atomic mass is 32.1. The lowest BCUT2D eigenvalue weighted by molar-refractivity contribution is -0.380. The third-order valence-electron chi connectivity index (χ3n) is 2.67. The second-order valence-electron chi connectivity index (χ2n) is 4.30. The van der Waals surface area contributed by atoms with E-state index in [4.69, 9.17) is 0 Å². The van der Waals surface area contributed by atoms with Gasteiger partial charge in [0.15, 0.2) is 0 Å². The number of hydrogen-bond acceptors (Lipinski definition) is 5. The molecule has 0 aliphatic carbocycles. The molecule has 0 spiro atoms. The highest BCUT2D eigenvalue weighted by Gasteiger charge is 2.09. The molecule has 0 unspecified atom stereocenters. The fourth-order valence-corrected chi connectivity index (χ4v) is 2.03. The molecule has 96 valence electrons. The van der Waals surface area contributed by atoms with Gasteiger partial charge in [-0.05, 0) is 26.5 Å². The first-order chi connectivity index (χ1) is 8.00. The van der Waals surface area contributed by atoms with Crippen molar-refractivity contribution in [3.05, 3.63) is 27.1 Å². The van der Waals surface area contributed by atoms with Gasteiger partial charge in [-0.3, -0.25) is 10.1 Å². The third kappa shape index (κ3) is 4.80. The van der Waals surface area contributed by atoms with Crippen molar-refractivity contribution in [3.8, 4) is 0 Å². The molecule has 0 amide bonds. The minimum absolute atomic E-state index is 0.209. The van der Waals surface area contributed by atoms with Crippen LogP contribution >= 0.6 is 11.3 Å². The molecule has 0 fully saturated rings. The summed E-state index contributed by atoms with van der Waals surface area (Å²) in [7, 11) is 2.09. The number of likely N-dealkylation sites (N-methyl/N-ethyl adjacent to an activating group) is 1. The first-order valence-corrected chi connectivity index (χ1v) is 6.51. The maximum atomic E-state index is 10.5. The van der Waals surface area contributed by atoms with Crippen molar-refractivity contribution in [2.75, 3.05) is 20.1 Å². The zero-order valence-electron chi connectivity index (χ0n) is 10.5. The molecule has 0 saturated heterocycles. The van der Waals surface area contributed by atoms with Gasteiger partial charge in [-0.15, -0.1) is 0 Å². The Hall–Kier alpha value is -0.980. The van der Waals surface area contributed by atoms with Gasteiger partial charge in [0.25, 0.3) is 0 Å². The Labute approximate surface area is 106 Å². The molecule has 1 aromatic rings. The van der Waals surface area contributed by atoms with E-state index in [9.17, 15) is 10.1 Å². The van der Waals surface area contributed by atoms with Crippen LogP contribution in [0.3, 0.4) is 0 Å². The van der Waals surface area contributed by atoms with Crippen LogP contribution in [0.15, 0.2) is 11.4 Å². The van der Waals surface area contributed by atoms with E-state index < -0.39 is 0 Å². The Morgan fingerprint density at radius 2 is 2.29 bits per heavy atom. The van der Waals surface area contributed by atoms with Gasteiger partial charge in [-0.1, -0.05) is 11.3 Å². The van der Waals surface area contributed by atoms with Crippen molar-refractivity contribution in [2.24, 2.45) is 0 Å². The SMILES string of the molecule is CC(C)N(C)CCNCc1csc([N+](=O)[O-])c1. The Kier molecular flexibility index (Phi) is 5.54. The highest BCUT2D eigenvalue weighted by Crippen LogP contribution is 2.22. The summed E-state index contributed by atoms with van der Waals surface area (Å²) in [5.41, 5.74) is 0.980. The van der Waals surface area contributed by atoms with Crippen molar-refractivity contribution in [2.45, 2.75) is 26.4 Å². The van der Waals surface area contributed by atoms with E-state index in [2.05, 4.69) is 31.1 Å². The van der Waals surface area contributed by atoms with E-state index in [0.717, 1.165) is 18.7 Å². The van der Waals surface area contributed by atoms with Crippen LogP contribution in [0.25, 0.3) is 0 Å². The molecule has 1 rings (SSSR count). The fraction of sp³-hybridized carbons (Fsp3) is 0.636. The Morgan fingerprint density at radius 3 is 2.82 bits per heavy atom. The maximum absolute atomic E-state index is 10.5. The van der Waals surface area contributed by atoms with E-state index in [-0.39, 0.29) is 9.92 Å². The minimum atomic E-state index is -0.347. The average molecular weight is 257 g/mol. The molecule has 0 aromatic carbocycles. The number of rotatable bonds is 7. The van der Waals surface area contributed by atoms with Crippen molar-refractivity contribution in [1.82, 2.24) is 10.2 Å². The summed E-state index contributed by atoms with van der Waals surface area (Å²) in [6.07, 6.45) is 0. The van der Waals surface area contributed by atoms with Gasteiger partial charge in [0.2, 0.25) is 0 Å². The topological polar surface area (TPSA) is 58.4 Å². The molecular weight excluding hydrogens is 238 g/mol. The average Bonchev–Trinajstić information content (AvgIpc) is 2.72. The molecule has 0 bridgehead atoms. The lowest BCUT2D eigenvalue weighted by Crippen LogP contribution is -2.33. The van der Waals surface area contributed by atoms with Gasteiger partial charge in [0.1, 0.15) is 0 Å². The standard InChI is InChI=1S/C11H19N3O2S/c1-9(2)13(3)5-4-12-7-10-6-11(14(15)16)17-8-10/h6,8-9,12H,4-5,7H2,1-3H3. The molecule has 17 heavy (non-hydrogen) atoms. The van der Waals surface area contributed by atoms with E-state index >= 15 is 0 Å². The molecule has 0 aliphatic heterocycles. The van der Waals surface area contributed by atoms with E-state index in [1.807, 2.05) is 5.38 Å². The van der Waals surface area contributed by atoms with Gasteiger partial charge >= 0.3 is 5.00 Å². The van der Waals surface area contributed by atoms with E-state index in [0.29, 0.717) is 12.6 Å². The molecule has 0 radical (unpaired) electrons. The smallest absolute Gasteiger partial charge is 0.311 e. The molecule has 1 N–H and O–H groups in total. The Balaban J connectivity index is 2.24. The summed E-state index contributed by atoms with van der Waals surface area (Å²) in [5, 5.41) is 15.8. The summed E-state index contributed by atoms with van der Waals surface area (Å²) in [5.74, 6) is 0. The van der Waals surface area contributed by atoms with E-state index in [1.165, 1.54) is 11.3 Å². The fourth-order valence-electron chi connectivity index (χ4n) is 1.30. The highest BCUT2D eigenvalue weighted by molar-refractivity contribution is 7.13. The zero-order chi connectivity index (χ0) is 12.8. The summed E-state index contributed by atoms with van der Waals surface area (Å²) in [4.78, 5) is 12.4. The predicted octanol–water partition coefficient (Wildman–Crippen LogP) is 2.09. The number of nitro groups is 1. The molecule has 0 aliphatic rings. The molecule has 0 saturated carbocycles. The number of nitrogens with zero attached hydrogens (tertiary/aromatic N) is 2. The maximum Gasteiger partial charge on any atom is 0.324 e. The van der Waals surface area contributed by atoms with Crippen molar-refractivity contribution < 1.29 is 4.92 Å². The van der Waals surface area contributed by atoms with Crippen LogP contribution in [0.2, 0.25) is 0 Å². The van der Waals surface area contributed by atoms with Gasteiger partial charge in [0, 0.05) is 37.1 Å². The normalized spacial score (nSPS) is 11.4. The summed E-state index contributed by atoms with van der Waals surface area (Å²) < 4.78 is 0. The second-order valence-corrected chi connectivity index (χ2v) is 5.19. The Morgan fingerprint density at radius 1 is 1.59 bits per heavy atom. The van der Waals surface area contributed by atoms with Gasteiger partial charge < -0.3 is 10.2 Å². The summed E-state index contributed by atoms with van der Waals surface area (Å²) in [6.45, 7) is 6.86. The number of nitrogens with one attached hydrogen (secondary N) is 1. The van der Waals surface area contributed by atoms with Crippen LogP contribution in [0.4, 0.5) is 5.00 Å². The van der Waals surface area contributed by atoms with Crippen LogP contribution in [-0.2, 0) is 6.54 Å². The lowest BCUT2D eigenvalue weighted by atomic mass is 10.3. The number of thiophene rings is 1. The van der Waals surface area contributed by atoms with Crippen LogP contribution in [-0.4, -0.2) is 36.0 Å². The quantitative estimate of drug-likeness (QED) is 0.461. The molecule has 1 aromatic heterocycles. The van der Waals surface area contributed by atoms with Gasteiger partial charge in [-0.2, -0.15) is 0 Å². The third-order valence-corrected chi connectivity index (χ3v) is 3.60. The van der Waals surface area contributed by atoms with Crippen molar-refractivity contribution >= 4 is 16.3 Å². The molecule has 0 atom stereocenters. The van der Waals surface area contributed by atoms with Gasteiger partial charge in [-0.25, -0.2) is 0 Å². The monoisotopic (exact) mass is 257 g/mol.